The van der Waals surface area contributed by atoms with Gasteiger partial charge in [0, 0.05) is 12.6 Å². The highest BCUT2D eigenvalue weighted by atomic mass is 31.0. The molecule has 0 aromatic rings. The SMILES string of the molecule is CCC(CCN(C)P)C(C)N. The van der Waals surface area contributed by atoms with Gasteiger partial charge in [-0.25, -0.2) is 0 Å². The summed E-state index contributed by atoms with van der Waals surface area (Å²) in [5.74, 6) is 0.679. The van der Waals surface area contributed by atoms with Crippen molar-refractivity contribution in [2.24, 2.45) is 11.7 Å². The fourth-order valence-electron chi connectivity index (χ4n) is 1.21. The van der Waals surface area contributed by atoms with Crippen LogP contribution in [0.3, 0.4) is 0 Å². The zero-order chi connectivity index (χ0) is 8.85. The van der Waals surface area contributed by atoms with Crippen LogP contribution in [0.4, 0.5) is 0 Å². The Labute approximate surface area is 72.8 Å². The minimum atomic E-state index is 0.338. The maximum Gasteiger partial charge on any atom is 0.00391 e. The largest absolute Gasteiger partial charge is 0.328 e. The summed E-state index contributed by atoms with van der Waals surface area (Å²) in [4.78, 5) is 0. The molecule has 0 saturated carbocycles. The molecular formula is C8H21N2P. The maximum absolute atomic E-state index is 5.81. The number of hydrogen-bond acceptors (Lipinski definition) is 2. The Morgan fingerprint density at radius 3 is 2.36 bits per heavy atom. The third-order valence-electron chi connectivity index (χ3n) is 2.12. The van der Waals surface area contributed by atoms with E-state index in [1.807, 2.05) is 0 Å². The molecule has 0 aliphatic carbocycles. The Morgan fingerprint density at radius 1 is 1.55 bits per heavy atom. The fourth-order valence-corrected chi connectivity index (χ4v) is 1.36. The predicted octanol–water partition coefficient (Wildman–Crippen LogP) is 1.47. The van der Waals surface area contributed by atoms with Crippen molar-refractivity contribution in [1.82, 2.24) is 4.67 Å². The molecule has 0 amide bonds. The van der Waals surface area contributed by atoms with Gasteiger partial charge >= 0.3 is 0 Å². The Morgan fingerprint density at radius 2 is 2.09 bits per heavy atom. The normalized spacial score (nSPS) is 16.9. The maximum atomic E-state index is 5.81. The van der Waals surface area contributed by atoms with Gasteiger partial charge in [0.05, 0.1) is 0 Å². The first-order valence-electron chi connectivity index (χ1n) is 4.29. The van der Waals surface area contributed by atoms with Crippen molar-refractivity contribution in [2.45, 2.75) is 32.7 Å². The number of nitrogens with zero attached hydrogens (tertiary/aromatic N) is 1. The van der Waals surface area contributed by atoms with Crippen LogP contribution in [0.2, 0.25) is 0 Å². The van der Waals surface area contributed by atoms with Crippen molar-refractivity contribution < 1.29 is 0 Å². The van der Waals surface area contributed by atoms with E-state index >= 15 is 0 Å². The average Bonchev–Trinajstić information content (AvgIpc) is 1.87. The summed E-state index contributed by atoms with van der Waals surface area (Å²) in [7, 11) is 4.74. The highest BCUT2D eigenvalue weighted by Crippen LogP contribution is 2.12. The molecule has 11 heavy (non-hydrogen) atoms. The molecule has 0 aromatic heterocycles. The Bertz CT molecular complexity index is 94.1. The summed E-state index contributed by atoms with van der Waals surface area (Å²) in [5.41, 5.74) is 5.81. The Hall–Kier alpha value is 0.350. The quantitative estimate of drug-likeness (QED) is 0.643. The van der Waals surface area contributed by atoms with E-state index in [0.717, 1.165) is 6.54 Å². The van der Waals surface area contributed by atoms with Gasteiger partial charge < -0.3 is 5.73 Å². The molecule has 0 aromatic carbocycles. The van der Waals surface area contributed by atoms with Crippen LogP contribution in [0.15, 0.2) is 0 Å². The van der Waals surface area contributed by atoms with Crippen molar-refractivity contribution in [3.05, 3.63) is 0 Å². The lowest BCUT2D eigenvalue weighted by atomic mass is 9.95. The fraction of sp³-hybridized carbons (Fsp3) is 1.00. The van der Waals surface area contributed by atoms with Crippen molar-refractivity contribution in [1.29, 1.82) is 0 Å². The van der Waals surface area contributed by atoms with Crippen LogP contribution in [0.25, 0.3) is 0 Å². The summed E-state index contributed by atoms with van der Waals surface area (Å²) in [6.07, 6.45) is 2.39. The van der Waals surface area contributed by atoms with Crippen LogP contribution in [0, 0.1) is 5.92 Å². The van der Waals surface area contributed by atoms with Gasteiger partial charge in [0.15, 0.2) is 0 Å². The highest BCUT2D eigenvalue weighted by molar-refractivity contribution is 7.13. The summed E-state index contributed by atoms with van der Waals surface area (Å²) in [6.45, 7) is 5.42. The first-order valence-corrected chi connectivity index (χ1v) is 4.81. The second-order valence-corrected chi connectivity index (χ2v) is 4.18. The van der Waals surface area contributed by atoms with Gasteiger partial charge in [-0.2, -0.15) is 0 Å². The minimum absolute atomic E-state index is 0.338. The molecule has 0 bridgehead atoms. The lowest BCUT2D eigenvalue weighted by Crippen LogP contribution is -2.28. The van der Waals surface area contributed by atoms with E-state index in [0.29, 0.717) is 12.0 Å². The van der Waals surface area contributed by atoms with Gasteiger partial charge in [-0.05, 0) is 26.3 Å². The van der Waals surface area contributed by atoms with Gasteiger partial charge in [-0.1, -0.05) is 22.7 Å². The molecule has 68 valence electrons. The minimum Gasteiger partial charge on any atom is -0.328 e. The lowest BCUT2D eigenvalue weighted by Gasteiger charge is -2.20. The lowest BCUT2D eigenvalue weighted by molar-refractivity contribution is 0.367. The van der Waals surface area contributed by atoms with Crippen LogP contribution in [-0.4, -0.2) is 24.3 Å². The standard InChI is InChI=1S/C8H21N2P/c1-4-8(7(2)9)5-6-10(3)11/h7-8H,4-6,9,11H2,1-3H3. The van der Waals surface area contributed by atoms with Crippen molar-refractivity contribution in [3.63, 3.8) is 0 Å². The van der Waals surface area contributed by atoms with E-state index in [9.17, 15) is 0 Å². The molecule has 3 heteroatoms. The summed E-state index contributed by atoms with van der Waals surface area (Å²) < 4.78 is 2.13. The van der Waals surface area contributed by atoms with Crippen LogP contribution < -0.4 is 5.73 Å². The molecule has 3 unspecified atom stereocenters. The summed E-state index contributed by atoms with van der Waals surface area (Å²) in [6, 6.07) is 0.338. The monoisotopic (exact) mass is 176 g/mol. The topological polar surface area (TPSA) is 29.3 Å². The third kappa shape index (κ3) is 5.60. The van der Waals surface area contributed by atoms with Crippen LogP contribution in [-0.2, 0) is 0 Å². The molecule has 3 atom stereocenters. The molecule has 0 heterocycles. The van der Waals surface area contributed by atoms with Crippen LogP contribution in [0.1, 0.15) is 26.7 Å². The molecule has 0 rings (SSSR count). The van der Waals surface area contributed by atoms with Gasteiger partial charge in [0.25, 0.3) is 0 Å². The first-order chi connectivity index (χ1) is 5.07. The van der Waals surface area contributed by atoms with Gasteiger partial charge in [-0.3, -0.25) is 4.67 Å². The molecule has 0 saturated heterocycles. The molecule has 0 radical (unpaired) electrons. The van der Waals surface area contributed by atoms with Crippen LogP contribution in [0.5, 0.6) is 0 Å². The van der Waals surface area contributed by atoms with E-state index in [-0.39, 0.29) is 0 Å². The van der Waals surface area contributed by atoms with Crippen molar-refractivity contribution in [3.8, 4) is 0 Å². The first kappa shape index (κ1) is 11.4. The van der Waals surface area contributed by atoms with Crippen molar-refractivity contribution in [2.75, 3.05) is 13.6 Å². The van der Waals surface area contributed by atoms with E-state index in [1.54, 1.807) is 0 Å². The van der Waals surface area contributed by atoms with Gasteiger partial charge in [-0.15, -0.1) is 0 Å². The molecule has 0 spiro atoms. The third-order valence-corrected chi connectivity index (χ3v) is 2.38. The highest BCUT2D eigenvalue weighted by Gasteiger charge is 2.10. The van der Waals surface area contributed by atoms with E-state index < -0.39 is 0 Å². The molecule has 0 aliphatic rings. The summed E-state index contributed by atoms with van der Waals surface area (Å²) in [5, 5.41) is 0. The number of nitrogens with two attached hydrogens (primary N) is 1. The zero-order valence-corrected chi connectivity index (χ0v) is 9.03. The van der Waals surface area contributed by atoms with Gasteiger partial charge in [0.1, 0.15) is 0 Å². The van der Waals surface area contributed by atoms with E-state index in [1.165, 1.54) is 12.8 Å². The molecular weight excluding hydrogens is 155 g/mol. The number of hydrogen-bond donors (Lipinski definition) is 1. The Balaban J connectivity index is 3.52. The molecule has 2 nitrogen and oxygen atoms in total. The van der Waals surface area contributed by atoms with E-state index in [2.05, 4.69) is 35.0 Å². The Kier molecular flexibility index (Phi) is 6.12. The second-order valence-electron chi connectivity index (χ2n) is 3.30. The van der Waals surface area contributed by atoms with Crippen LogP contribution >= 0.6 is 9.39 Å². The predicted molar refractivity (Wildman–Crippen MR) is 54.4 cm³/mol. The molecule has 0 aliphatic heterocycles. The average molecular weight is 176 g/mol. The number of rotatable bonds is 5. The smallest absolute Gasteiger partial charge is 0.00391 e. The van der Waals surface area contributed by atoms with Gasteiger partial charge in [0.2, 0.25) is 0 Å². The molecule has 2 N–H and O–H groups in total. The second kappa shape index (κ2) is 5.93. The zero-order valence-electron chi connectivity index (χ0n) is 7.88. The van der Waals surface area contributed by atoms with E-state index in [4.69, 9.17) is 5.73 Å². The summed E-state index contributed by atoms with van der Waals surface area (Å²) >= 11 is 0. The van der Waals surface area contributed by atoms with Crippen molar-refractivity contribution >= 4 is 9.39 Å². The molecule has 0 fully saturated rings.